The molecule has 0 radical (unpaired) electrons. The van der Waals surface area contributed by atoms with Gasteiger partial charge in [-0.2, -0.15) is 13.2 Å². The summed E-state index contributed by atoms with van der Waals surface area (Å²) in [5.41, 5.74) is 0.937. The number of nitrogens with zero attached hydrogens (tertiary/aromatic N) is 1. The Bertz CT molecular complexity index is 1240. The van der Waals surface area contributed by atoms with Crippen LogP contribution >= 0.6 is 0 Å². The summed E-state index contributed by atoms with van der Waals surface area (Å²) >= 11 is 0. The van der Waals surface area contributed by atoms with E-state index in [1.54, 1.807) is 6.92 Å². The minimum Gasteiger partial charge on any atom is -0.444 e. The van der Waals surface area contributed by atoms with Crippen molar-refractivity contribution in [2.45, 2.75) is 187 Å². The fraction of sp³-hybridized carbons (Fsp3) is 0.829. The molecule has 0 aromatic carbocycles. The molecule has 6 aliphatic rings. The second-order valence-corrected chi connectivity index (χ2v) is 16.5. The largest absolute Gasteiger partial charge is 0.490 e. The van der Waals surface area contributed by atoms with Crippen molar-refractivity contribution in [3.05, 3.63) is 23.1 Å². The number of amides is 1. The molecule has 4 saturated heterocycles. The zero-order valence-electron chi connectivity index (χ0n) is 32.6. The molecule has 4 bridgehead atoms. The lowest BCUT2D eigenvalue weighted by Gasteiger charge is -2.35. The molecule has 1 amide bonds. The van der Waals surface area contributed by atoms with Crippen molar-refractivity contribution < 1.29 is 47.5 Å². The maximum atomic E-state index is 12.5. The van der Waals surface area contributed by atoms with Crippen LogP contribution in [0.3, 0.4) is 0 Å². The topological polar surface area (TPSA) is 95.6 Å². The first-order valence-corrected chi connectivity index (χ1v) is 17.5. The number of hydrogen-bond acceptors (Lipinski definition) is 8. The molecule has 0 aromatic rings. The van der Waals surface area contributed by atoms with E-state index in [9.17, 15) is 18.0 Å². The Kier molecular flexibility index (Phi) is 12.2. The van der Waals surface area contributed by atoms with Gasteiger partial charge >= 0.3 is 26.5 Å². The second kappa shape index (κ2) is 15.0. The molecule has 278 valence electrons. The smallest absolute Gasteiger partial charge is 0.444 e. The third-order valence-electron chi connectivity index (χ3n) is 10.4. The van der Waals surface area contributed by atoms with E-state index >= 15 is 0 Å². The molecule has 6 aliphatic heterocycles. The average molecular weight is 699 g/mol. The average Bonchev–Trinajstić information content (AvgIpc) is 3.59. The van der Waals surface area contributed by atoms with Gasteiger partial charge in [0.1, 0.15) is 5.60 Å². The van der Waals surface area contributed by atoms with Crippen LogP contribution in [0, 0.1) is 0 Å². The molecule has 0 spiro atoms. The SMILES string of the molecule is CC(C)(C)OC(=O)N1C2C=C(B3OC(C)(C)C(C)(C)O3)CC1CC2.CC1(C)OB(C2=CC3CCC(C2)N3)OC1(C)C.O=CC(F)(F)F.[2H]CC. The minimum atomic E-state index is -4.64. The van der Waals surface area contributed by atoms with Crippen molar-refractivity contribution in [1.82, 2.24) is 10.2 Å². The maximum Gasteiger partial charge on any atom is 0.490 e. The monoisotopic (exact) mass is 699 g/mol. The molecule has 4 atom stereocenters. The highest BCUT2D eigenvalue weighted by Gasteiger charge is 2.55. The van der Waals surface area contributed by atoms with Gasteiger partial charge in [-0.15, -0.1) is 0 Å². The van der Waals surface area contributed by atoms with Crippen LogP contribution in [0.4, 0.5) is 18.0 Å². The Hall–Kier alpha value is -1.86. The molecule has 0 aromatic heterocycles. The first kappa shape index (κ1) is 39.9. The highest BCUT2D eigenvalue weighted by Crippen LogP contribution is 2.44. The van der Waals surface area contributed by atoms with Crippen LogP contribution in [0.15, 0.2) is 23.1 Å². The quantitative estimate of drug-likeness (QED) is 0.233. The van der Waals surface area contributed by atoms with Gasteiger partial charge in [0.25, 0.3) is 0 Å². The van der Waals surface area contributed by atoms with E-state index < -0.39 is 18.1 Å². The fourth-order valence-electron chi connectivity index (χ4n) is 6.55. The molecular formula is C35H59B2F3N2O7. The van der Waals surface area contributed by atoms with Crippen LogP contribution in [-0.4, -0.2) is 89.9 Å². The van der Waals surface area contributed by atoms with Crippen LogP contribution < -0.4 is 5.32 Å². The Morgan fingerprint density at radius 3 is 1.71 bits per heavy atom. The van der Waals surface area contributed by atoms with Gasteiger partial charge in [-0.3, -0.25) is 9.69 Å². The number of alkyl halides is 3. The highest BCUT2D eigenvalue weighted by molar-refractivity contribution is 6.55. The first-order chi connectivity index (χ1) is 22.7. The molecule has 4 fully saturated rings. The molecule has 14 heteroatoms. The lowest BCUT2D eigenvalue weighted by molar-refractivity contribution is -0.156. The lowest BCUT2D eigenvalue weighted by Crippen LogP contribution is -2.47. The van der Waals surface area contributed by atoms with E-state index in [1.165, 1.54) is 23.8 Å². The van der Waals surface area contributed by atoms with Crippen molar-refractivity contribution >= 4 is 26.6 Å². The maximum absolute atomic E-state index is 12.5. The van der Waals surface area contributed by atoms with Gasteiger partial charge in [-0.25, -0.2) is 4.79 Å². The van der Waals surface area contributed by atoms with Crippen LogP contribution in [0.5, 0.6) is 0 Å². The number of carbonyl (C=O) groups excluding carboxylic acids is 2. The summed E-state index contributed by atoms with van der Waals surface area (Å²) in [5.74, 6) is 0. The zero-order chi connectivity index (χ0) is 38.1. The van der Waals surface area contributed by atoms with Crippen molar-refractivity contribution in [2.24, 2.45) is 0 Å². The molecule has 1 N–H and O–H groups in total. The van der Waals surface area contributed by atoms with E-state index in [2.05, 4.69) is 72.9 Å². The van der Waals surface area contributed by atoms with Crippen molar-refractivity contribution in [3.63, 3.8) is 0 Å². The summed E-state index contributed by atoms with van der Waals surface area (Å²) in [6, 6.07) is 1.46. The number of carbonyl (C=O) groups is 2. The summed E-state index contributed by atoms with van der Waals surface area (Å²) in [6.07, 6.45) is 4.97. The summed E-state index contributed by atoms with van der Waals surface area (Å²) < 4.78 is 67.6. The summed E-state index contributed by atoms with van der Waals surface area (Å²) in [7, 11) is -0.441. The first-order valence-electron chi connectivity index (χ1n) is 18.2. The van der Waals surface area contributed by atoms with Crippen molar-refractivity contribution in [2.75, 3.05) is 0 Å². The second-order valence-electron chi connectivity index (χ2n) is 16.5. The Morgan fingerprint density at radius 2 is 1.33 bits per heavy atom. The van der Waals surface area contributed by atoms with Gasteiger partial charge < -0.3 is 28.7 Å². The van der Waals surface area contributed by atoms with Gasteiger partial charge in [0, 0.05) is 19.5 Å². The van der Waals surface area contributed by atoms with Crippen LogP contribution in [0.1, 0.15) is 130 Å². The van der Waals surface area contributed by atoms with Gasteiger partial charge in [-0.05, 0) is 126 Å². The number of hydrogen-bond donors (Lipinski definition) is 1. The highest BCUT2D eigenvalue weighted by atomic mass is 19.4. The van der Waals surface area contributed by atoms with E-state index in [-0.39, 0.29) is 54.8 Å². The summed E-state index contributed by atoms with van der Waals surface area (Å²) in [5, 5.41) is 3.60. The molecular weight excluding hydrogens is 639 g/mol. The molecule has 0 aliphatic carbocycles. The standard InChI is InChI=1S/C18H30BNO4.C13H22BNO2.C2HF3O.C2H6/c1-16(2,3)22-15(21)20-13-8-9-14(20)11-12(10-13)19-23-17(4,5)18(6,7)24-19;1-12(2)13(3,4)17-14(16-12)9-7-10-5-6-11(8-9)15-10;3-2(4,5)1-6;1-2/h10,13-14H,8-9,11H2,1-7H3;7,10-11,15H,5-6,8H2,1-4H3;1H;1-2H3/i;;;1D. The molecule has 49 heavy (non-hydrogen) atoms. The van der Waals surface area contributed by atoms with E-state index in [4.69, 9.17) is 29.5 Å². The molecule has 6 rings (SSSR count). The number of halogens is 3. The fourth-order valence-corrected chi connectivity index (χ4v) is 6.55. The minimum absolute atomic E-state index is 0.0904. The van der Waals surface area contributed by atoms with Crippen LogP contribution in [0.2, 0.25) is 0 Å². The van der Waals surface area contributed by atoms with E-state index in [1.807, 2.05) is 25.7 Å². The summed E-state index contributed by atoms with van der Waals surface area (Å²) in [6.45, 7) is 24.7. The molecule has 0 saturated carbocycles. The number of ether oxygens (including phenoxy) is 1. The third-order valence-corrected chi connectivity index (χ3v) is 10.4. The normalized spacial score (nSPS) is 30.3. The van der Waals surface area contributed by atoms with Crippen molar-refractivity contribution in [3.8, 4) is 0 Å². The number of fused-ring (bicyclic) bond motifs is 4. The number of aldehydes is 1. The number of nitrogens with one attached hydrogen (secondary N) is 1. The van der Waals surface area contributed by atoms with Crippen molar-refractivity contribution in [1.29, 1.82) is 0 Å². The van der Waals surface area contributed by atoms with Gasteiger partial charge in [-0.1, -0.05) is 26.0 Å². The van der Waals surface area contributed by atoms with Crippen LogP contribution in [-0.2, 0) is 28.1 Å². The zero-order valence-corrected chi connectivity index (χ0v) is 31.6. The molecule has 9 nitrogen and oxygen atoms in total. The van der Waals surface area contributed by atoms with Gasteiger partial charge in [0.05, 0.1) is 28.4 Å². The predicted molar refractivity (Wildman–Crippen MR) is 186 cm³/mol. The summed E-state index contributed by atoms with van der Waals surface area (Å²) in [4.78, 5) is 23.1. The predicted octanol–water partition coefficient (Wildman–Crippen LogP) is 7.56. The van der Waals surface area contributed by atoms with E-state index in [0.717, 1.165) is 25.7 Å². The molecule has 6 heterocycles. The lowest BCUT2D eigenvalue weighted by atomic mass is 9.73. The Labute approximate surface area is 294 Å². The van der Waals surface area contributed by atoms with Gasteiger partial charge in [0.15, 0.2) is 0 Å². The number of rotatable bonds is 2. The molecule has 4 unspecified atom stereocenters. The Morgan fingerprint density at radius 1 is 0.878 bits per heavy atom. The third kappa shape index (κ3) is 10.1. The van der Waals surface area contributed by atoms with E-state index in [0.29, 0.717) is 19.0 Å². The van der Waals surface area contributed by atoms with Crippen LogP contribution in [0.25, 0.3) is 0 Å². The van der Waals surface area contributed by atoms with Gasteiger partial charge in [0.2, 0.25) is 6.29 Å². The Balaban J connectivity index is 0.000000225.